The number of hydrogen-bond acceptors (Lipinski definition) is 18. The lowest BCUT2D eigenvalue weighted by atomic mass is 9.87. The van der Waals surface area contributed by atoms with Crippen LogP contribution >= 0.6 is 0 Å². The quantitative estimate of drug-likeness (QED) is 0.0203. The average Bonchev–Trinajstić information content (AvgIpc) is 1.34. The Labute approximate surface area is 707 Å². The normalized spacial score (nSPS) is 15.9. The third kappa shape index (κ3) is 26.4. The van der Waals surface area contributed by atoms with Gasteiger partial charge in [0, 0.05) is 140 Å². The highest BCUT2D eigenvalue weighted by atomic mass is 32.2. The highest BCUT2D eigenvalue weighted by Crippen LogP contribution is 2.42. The summed E-state index contributed by atoms with van der Waals surface area (Å²) < 4.78 is 86.7. The van der Waals surface area contributed by atoms with E-state index in [-0.39, 0.29) is 36.7 Å². The molecule has 119 heavy (non-hydrogen) atoms. The lowest BCUT2D eigenvalue weighted by Crippen LogP contribution is -2.48. The van der Waals surface area contributed by atoms with Gasteiger partial charge >= 0.3 is 20.2 Å². The molecule has 3 saturated heterocycles. The number of rotatable bonds is 32. The Morgan fingerprint density at radius 1 is 0.370 bits per heavy atom. The van der Waals surface area contributed by atoms with Crippen LogP contribution in [0.3, 0.4) is 0 Å². The van der Waals surface area contributed by atoms with E-state index in [4.69, 9.17) is 12.5 Å². The largest absolute Gasteiger partial charge is 0.396 e. The Bertz CT molecular complexity index is 5160. The summed E-state index contributed by atoms with van der Waals surface area (Å²) >= 11 is 0. The molecule has 3 aliphatic heterocycles. The molecule has 3 N–H and O–H groups in total. The molecule has 9 aromatic rings. The molecule has 22 heteroatoms. The summed E-state index contributed by atoms with van der Waals surface area (Å²) in [6.45, 7) is 27.7. The van der Waals surface area contributed by atoms with Gasteiger partial charge < -0.3 is 38.6 Å². The second kappa shape index (κ2) is 43.0. The van der Waals surface area contributed by atoms with Crippen LogP contribution in [0.1, 0.15) is 150 Å². The molecule has 1 amide bonds. The van der Waals surface area contributed by atoms with Gasteiger partial charge in [-0.1, -0.05) is 164 Å². The van der Waals surface area contributed by atoms with Crippen LogP contribution in [0.25, 0.3) is 33.4 Å². The molecule has 0 atom stereocenters. The van der Waals surface area contributed by atoms with E-state index in [0.717, 1.165) is 181 Å². The van der Waals surface area contributed by atoms with Gasteiger partial charge in [0.1, 0.15) is 11.5 Å². The number of aliphatic hydroxyl groups is 2. The van der Waals surface area contributed by atoms with E-state index in [1.165, 1.54) is 29.6 Å². The molecule has 4 aliphatic rings. The Balaban J connectivity index is 0.000000175. The topological polar surface area (TPSA) is 219 Å². The molecular weight excluding hydrogens is 1550 g/mol. The fraction of sp³-hybridized carbons (Fsp3) is 0.371. The van der Waals surface area contributed by atoms with Crippen LogP contribution in [-0.4, -0.2) is 190 Å². The van der Waals surface area contributed by atoms with Crippen LogP contribution in [0.5, 0.6) is 11.5 Å². The molecule has 1 saturated carbocycles. The van der Waals surface area contributed by atoms with Gasteiger partial charge in [-0.3, -0.25) is 23.7 Å². The van der Waals surface area contributed by atoms with Crippen LogP contribution in [0.15, 0.2) is 237 Å². The summed E-state index contributed by atoms with van der Waals surface area (Å²) in [6.07, 6.45) is 7.28. The first-order valence-corrected chi connectivity index (χ1v) is 46.9. The molecule has 9 aromatic carbocycles. The molecule has 0 unspecified atom stereocenters. The van der Waals surface area contributed by atoms with Crippen molar-refractivity contribution in [1.29, 1.82) is 0 Å². The lowest BCUT2D eigenvalue weighted by Gasteiger charge is -2.38. The summed E-state index contributed by atoms with van der Waals surface area (Å²) in [6, 6.07) is 81.0. The molecule has 19 nitrogen and oxygen atoms in total. The van der Waals surface area contributed by atoms with E-state index in [0.29, 0.717) is 68.8 Å². The maximum atomic E-state index is 12.4. The number of benzene rings is 9. The first-order chi connectivity index (χ1) is 57.2. The summed E-state index contributed by atoms with van der Waals surface area (Å²) in [7, 11) is -10.8. The highest BCUT2D eigenvalue weighted by Gasteiger charge is 2.38. The monoisotopic (exact) mass is 1670 g/mol. The number of nitrogens with one attached hydrogen (secondary N) is 1. The predicted molar refractivity (Wildman–Crippen MR) is 488 cm³/mol. The zero-order chi connectivity index (χ0) is 84.6. The number of carbonyl (C=O) groups is 1. The summed E-state index contributed by atoms with van der Waals surface area (Å²) in [5.41, 5.74) is 20.5. The van der Waals surface area contributed by atoms with E-state index in [9.17, 15) is 40.3 Å². The third-order valence-corrected chi connectivity index (χ3v) is 25.0. The molecular formula is C97H119N7O12S3. The van der Waals surface area contributed by atoms with E-state index < -0.39 is 30.4 Å². The van der Waals surface area contributed by atoms with Crippen molar-refractivity contribution in [2.24, 2.45) is 0 Å². The maximum Gasteiger partial charge on any atom is 0.312 e. The van der Waals surface area contributed by atoms with Gasteiger partial charge in [-0.2, -0.15) is 25.3 Å². The van der Waals surface area contributed by atoms with Crippen molar-refractivity contribution < 1.29 is 52.8 Å². The van der Waals surface area contributed by atoms with Gasteiger partial charge in [-0.05, 0) is 249 Å². The number of hydrogen-bond donors (Lipinski definition) is 3. The predicted octanol–water partition coefficient (Wildman–Crippen LogP) is 17.0. The average molecular weight is 1670 g/mol. The van der Waals surface area contributed by atoms with E-state index in [2.05, 4.69) is 198 Å². The van der Waals surface area contributed by atoms with Crippen molar-refractivity contribution in [2.45, 2.75) is 123 Å². The molecule has 1 aliphatic carbocycles. The zero-order valence-corrected chi connectivity index (χ0v) is 72.9. The van der Waals surface area contributed by atoms with Crippen molar-refractivity contribution >= 4 is 92.4 Å². The number of amides is 1. The minimum atomic E-state index is -3.66. The first kappa shape index (κ1) is 90.1. The fourth-order valence-corrected chi connectivity index (χ4v) is 17.8. The van der Waals surface area contributed by atoms with Crippen LogP contribution in [0.2, 0.25) is 0 Å². The van der Waals surface area contributed by atoms with Crippen LogP contribution < -0.4 is 28.4 Å². The summed E-state index contributed by atoms with van der Waals surface area (Å²) in [5.74, 6) is 0.489. The second-order valence-electron chi connectivity index (χ2n) is 31.8. The van der Waals surface area contributed by atoms with Gasteiger partial charge in [0.2, 0.25) is 5.91 Å². The van der Waals surface area contributed by atoms with Gasteiger partial charge in [0.25, 0.3) is 10.1 Å². The first-order valence-electron chi connectivity index (χ1n) is 41.8. The van der Waals surface area contributed by atoms with Crippen LogP contribution in [-0.2, 0) is 39.3 Å². The number of aliphatic hydroxyl groups excluding tert-OH is 2. The van der Waals surface area contributed by atoms with Crippen LogP contribution in [0.4, 0.5) is 22.7 Å². The van der Waals surface area contributed by atoms with Crippen molar-refractivity contribution in [3.8, 4) is 11.5 Å². The highest BCUT2D eigenvalue weighted by molar-refractivity contribution is 7.88. The smallest absolute Gasteiger partial charge is 0.312 e. The maximum absolute atomic E-state index is 12.4. The Morgan fingerprint density at radius 2 is 0.655 bits per heavy atom. The Hall–Kier alpha value is -9.72. The third-order valence-electron chi connectivity index (χ3n) is 22.2. The van der Waals surface area contributed by atoms with Crippen molar-refractivity contribution in [3.05, 3.63) is 287 Å². The molecule has 0 bridgehead atoms. The molecule has 0 spiro atoms. The Morgan fingerprint density at radius 3 is 0.924 bits per heavy atom. The van der Waals surface area contributed by atoms with E-state index >= 15 is 0 Å². The van der Waals surface area contributed by atoms with Crippen molar-refractivity contribution in [2.75, 3.05) is 131 Å². The van der Waals surface area contributed by atoms with Gasteiger partial charge in [0.05, 0.1) is 24.4 Å². The van der Waals surface area contributed by atoms with Gasteiger partial charge in [-0.15, -0.1) is 0 Å². The number of piperazine rings is 3. The number of nitrogens with zero attached hydrogens (tertiary/aromatic N) is 6. The minimum Gasteiger partial charge on any atom is -0.396 e. The van der Waals surface area contributed by atoms with Crippen LogP contribution in [0, 0.1) is 0 Å². The molecule has 3 heterocycles. The Kier molecular flexibility index (Phi) is 32.5. The molecule has 13 rings (SSSR count). The molecule has 0 radical (unpaired) electrons. The minimum absolute atomic E-state index is 0.0743. The molecule has 0 aromatic heterocycles. The number of carbonyl (C=O) groups excluding carboxylic acids is 1. The SMILES string of the molecule is CC(=O)Nc1ccc(/C(=C(\CCCO)c2ccccc2)c2ccc(N3CCN(C(C)C)CC3)cc2)cc1.CC(C)N1CCN(c2ccc(/C(=C(/CCCO)c3ccccc3)c3ccc(OS(=O)(=O)C4CC4)cc3)cc2)CC1.CC(C)N1CCN(c2ccc(/C(=C(/CCCOS(C)(=O)=O)c3ccccc3)c3ccc(OS(C)(=O)=O)cc3)cc2)CC1. The fourth-order valence-electron chi connectivity index (χ4n) is 15.7. The number of allylic oxidation sites excluding steroid dienone is 3. The molecule has 4 fully saturated rings. The lowest BCUT2D eigenvalue weighted by molar-refractivity contribution is -0.114. The summed E-state index contributed by atoms with van der Waals surface area (Å²) in [4.78, 5) is 26.4. The van der Waals surface area contributed by atoms with Gasteiger partial charge in [0.15, 0.2) is 0 Å². The van der Waals surface area contributed by atoms with E-state index in [1.807, 2.05) is 91.0 Å². The van der Waals surface area contributed by atoms with Gasteiger partial charge in [-0.25, -0.2) is 0 Å². The van der Waals surface area contributed by atoms with Crippen molar-refractivity contribution in [1.82, 2.24) is 14.7 Å². The van der Waals surface area contributed by atoms with Crippen molar-refractivity contribution in [3.63, 3.8) is 0 Å². The zero-order valence-electron chi connectivity index (χ0n) is 70.5. The van der Waals surface area contributed by atoms with E-state index in [1.54, 1.807) is 24.3 Å². The standard InChI is InChI=1S/C33H40N2O4S.C32H39N3O2.C32H40N2O6S2/c1-25(2)34-20-22-35(23-21-34)29-14-10-27(11-15-29)33(32(9-6-24-36)26-7-4-3-5-8-26)28-12-16-30(17-13-28)39-40(37,38)31-18-19-31;1-24(2)34-19-21-35(22-20-34)30-17-13-28(14-18-30)32(27-11-15-29(16-12-27)33-25(3)37)31(10-7-23-36)26-8-5-4-6-9-26;1-25(2)33-20-22-34(23-21-33)29-16-12-27(13-17-29)32(28-14-18-30(19-15-28)40-42(4,37)38)31(26-9-6-5-7-10-26)11-8-24-39-41(3,35)36/h3-5,7-8,10-17,25,31,36H,6,9,18-24H2,1-2H3;4-6,8-9,11-18,24,36H,7,10,19-23H2,1-3H3,(H,33,37);5-7,9-10,12-19,25H,8,11,20-24H2,1-4H3/b33-32+;32-31-;32-31+. The molecule has 632 valence electrons. The number of anilines is 4. The second-order valence-corrected chi connectivity index (χ2v) is 36.8. The summed E-state index contributed by atoms with van der Waals surface area (Å²) in [5, 5.41) is 21.9.